The van der Waals surface area contributed by atoms with Crippen LogP contribution in [0.1, 0.15) is 48.9 Å². The first-order valence-corrected chi connectivity index (χ1v) is 10.5. The smallest absolute Gasteiger partial charge is 0.254 e. The Morgan fingerprint density at radius 1 is 1.29 bits per heavy atom. The highest BCUT2D eigenvalue weighted by Crippen LogP contribution is 2.32. The number of aliphatic hydroxyl groups excluding tert-OH is 1. The van der Waals surface area contributed by atoms with Crippen molar-refractivity contribution in [2.75, 3.05) is 17.7 Å². The van der Waals surface area contributed by atoms with Gasteiger partial charge in [-0.3, -0.25) is 4.79 Å². The number of nitrogens with zero attached hydrogens (tertiary/aromatic N) is 4. The zero-order valence-corrected chi connectivity index (χ0v) is 17.4. The summed E-state index contributed by atoms with van der Waals surface area (Å²) in [4.78, 5) is 20.3. The Kier molecular flexibility index (Phi) is 6.17. The lowest BCUT2D eigenvalue weighted by atomic mass is 10.3. The van der Waals surface area contributed by atoms with Crippen molar-refractivity contribution in [2.24, 2.45) is 5.73 Å². The molecule has 0 saturated heterocycles. The van der Waals surface area contributed by atoms with Crippen LogP contribution in [0, 0.1) is 0 Å². The maximum atomic E-state index is 11.6. The molecule has 3 aromatic heterocycles. The Bertz CT molecular complexity index is 1060. The summed E-state index contributed by atoms with van der Waals surface area (Å²) in [6.45, 7) is 0. The highest BCUT2D eigenvalue weighted by molar-refractivity contribution is 5.99. The van der Waals surface area contributed by atoms with Gasteiger partial charge in [0.15, 0.2) is 5.65 Å². The second-order valence-corrected chi connectivity index (χ2v) is 7.67. The van der Waals surface area contributed by atoms with Crippen molar-refractivity contribution in [3.63, 3.8) is 0 Å². The number of nitrogens with one attached hydrogen (secondary N) is 2. The molecule has 2 aliphatic rings. The summed E-state index contributed by atoms with van der Waals surface area (Å²) in [5, 5.41) is 19.1. The summed E-state index contributed by atoms with van der Waals surface area (Å²) in [6, 6.07) is 5.45. The minimum absolute atomic E-state index is 0.0463. The van der Waals surface area contributed by atoms with E-state index in [2.05, 4.69) is 25.7 Å². The molecule has 10 nitrogen and oxygen atoms in total. The van der Waals surface area contributed by atoms with Gasteiger partial charge >= 0.3 is 0 Å². The van der Waals surface area contributed by atoms with Crippen molar-refractivity contribution >= 4 is 28.9 Å². The van der Waals surface area contributed by atoms with Gasteiger partial charge in [0.2, 0.25) is 5.88 Å². The van der Waals surface area contributed by atoms with E-state index in [4.69, 9.17) is 15.6 Å². The number of hydrogen-bond acceptors (Lipinski definition) is 8. The van der Waals surface area contributed by atoms with E-state index < -0.39 is 5.91 Å². The molecule has 2 fully saturated rings. The van der Waals surface area contributed by atoms with Crippen LogP contribution in [0.5, 0.6) is 5.88 Å². The van der Waals surface area contributed by atoms with Gasteiger partial charge in [0.05, 0.1) is 12.3 Å². The number of amides is 1. The van der Waals surface area contributed by atoms with Crippen LogP contribution < -0.4 is 21.1 Å². The fourth-order valence-electron chi connectivity index (χ4n) is 3.34. The Morgan fingerprint density at radius 2 is 2.06 bits per heavy atom. The molecule has 164 valence electrons. The largest absolute Gasteiger partial charge is 0.473 e. The molecule has 0 radical (unpaired) electrons. The first-order chi connectivity index (χ1) is 15.0. The van der Waals surface area contributed by atoms with Crippen LogP contribution >= 0.6 is 0 Å². The van der Waals surface area contributed by atoms with Crippen molar-refractivity contribution < 1.29 is 14.6 Å². The van der Waals surface area contributed by atoms with E-state index in [1.165, 1.54) is 23.6 Å². The molecule has 0 bridgehead atoms. The molecule has 31 heavy (non-hydrogen) atoms. The molecule has 2 saturated carbocycles. The van der Waals surface area contributed by atoms with Crippen molar-refractivity contribution in [3.05, 3.63) is 36.2 Å². The summed E-state index contributed by atoms with van der Waals surface area (Å²) in [6.07, 6.45) is 10.0. The number of rotatable bonds is 6. The second kappa shape index (κ2) is 9.17. The minimum atomic E-state index is -0.583. The lowest BCUT2D eigenvalue weighted by molar-refractivity contribution is 0.100. The average Bonchev–Trinajstić information content (AvgIpc) is 3.26. The molecular weight excluding hydrogens is 398 g/mol. The third-order valence-electron chi connectivity index (χ3n) is 5.15. The van der Waals surface area contributed by atoms with E-state index in [0.29, 0.717) is 28.9 Å². The van der Waals surface area contributed by atoms with Crippen LogP contribution in [0.25, 0.3) is 5.65 Å². The number of aliphatic hydroxyl groups is 1. The lowest BCUT2D eigenvalue weighted by Crippen LogP contribution is -2.12. The first kappa shape index (κ1) is 20.9. The van der Waals surface area contributed by atoms with Gasteiger partial charge in [0.1, 0.15) is 29.0 Å². The van der Waals surface area contributed by atoms with Crippen molar-refractivity contribution in [2.45, 2.75) is 50.7 Å². The number of ether oxygens (including phenoxy) is 1. The molecule has 10 heteroatoms. The number of fused-ring (bicyclic) bond motifs is 1. The van der Waals surface area contributed by atoms with Crippen LogP contribution in [0.4, 0.5) is 17.3 Å². The molecule has 0 unspecified atom stereocenters. The predicted molar refractivity (Wildman–Crippen MR) is 117 cm³/mol. The van der Waals surface area contributed by atoms with Gasteiger partial charge in [-0.2, -0.15) is 9.61 Å². The lowest BCUT2D eigenvalue weighted by Gasteiger charge is -2.12. The van der Waals surface area contributed by atoms with E-state index in [-0.39, 0.29) is 17.8 Å². The Morgan fingerprint density at radius 3 is 2.68 bits per heavy atom. The number of pyridine rings is 1. The number of primary amides is 1. The van der Waals surface area contributed by atoms with Gasteiger partial charge in [-0.1, -0.05) is 12.8 Å². The summed E-state index contributed by atoms with van der Waals surface area (Å²) < 4.78 is 7.33. The van der Waals surface area contributed by atoms with Crippen LogP contribution in [-0.2, 0) is 0 Å². The Balaban J connectivity index is 0.000000334. The first-order valence-electron chi connectivity index (χ1n) is 10.5. The van der Waals surface area contributed by atoms with E-state index >= 15 is 0 Å². The quantitative estimate of drug-likeness (QED) is 0.472. The second-order valence-electron chi connectivity index (χ2n) is 7.67. The van der Waals surface area contributed by atoms with Crippen LogP contribution in [-0.4, -0.2) is 49.9 Å². The molecule has 0 spiro atoms. The summed E-state index contributed by atoms with van der Waals surface area (Å²) >= 11 is 0. The topological polar surface area (TPSA) is 140 Å². The fourth-order valence-corrected chi connectivity index (χ4v) is 3.34. The maximum Gasteiger partial charge on any atom is 0.254 e. The molecule has 0 aliphatic heterocycles. The monoisotopic (exact) mass is 425 g/mol. The van der Waals surface area contributed by atoms with Crippen LogP contribution in [0.2, 0.25) is 0 Å². The molecule has 0 atom stereocenters. The highest BCUT2D eigenvalue weighted by Gasteiger charge is 2.25. The number of aromatic nitrogens is 4. The minimum Gasteiger partial charge on any atom is -0.473 e. The van der Waals surface area contributed by atoms with E-state index in [9.17, 15) is 4.79 Å². The fraction of sp³-hybridized carbons (Fsp3) is 0.429. The third kappa shape index (κ3) is 5.02. The van der Waals surface area contributed by atoms with Crippen LogP contribution in [0.3, 0.4) is 0 Å². The third-order valence-corrected chi connectivity index (χ3v) is 5.15. The molecule has 2 aliphatic carbocycles. The Hall–Kier alpha value is -3.40. The molecule has 3 aromatic rings. The van der Waals surface area contributed by atoms with Crippen molar-refractivity contribution in [1.29, 1.82) is 0 Å². The zero-order chi connectivity index (χ0) is 21.8. The number of carbonyl (C=O) groups is 1. The van der Waals surface area contributed by atoms with Gasteiger partial charge in [-0.05, 0) is 37.8 Å². The SMILES string of the molecule is CNc1cc(Nc2cccnc2OC2CC2)nc2c(C(N)=O)cnn12.OC1CCCC1. The highest BCUT2D eigenvalue weighted by atomic mass is 16.5. The van der Waals surface area contributed by atoms with Gasteiger partial charge in [0.25, 0.3) is 5.91 Å². The molecule has 5 rings (SSSR count). The molecule has 5 N–H and O–H groups in total. The number of anilines is 3. The van der Waals surface area contributed by atoms with E-state index in [1.54, 1.807) is 19.3 Å². The number of hydrogen-bond donors (Lipinski definition) is 4. The van der Waals surface area contributed by atoms with E-state index in [1.807, 2.05) is 12.1 Å². The zero-order valence-electron chi connectivity index (χ0n) is 17.4. The Labute approximate surface area is 179 Å². The van der Waals surface area contributed by atoms with Gasteiger partial charge in [0, 0.05) is 19.3 Å². The predicted octanol–water partition coefficient (Wildman–Crippen LogP) is 2.47. The van der Waals surface area contributed by atoms with Crippen LogP contribution in [0.15, 0.2) is 30.6 Å². The standard InChI is InChI=1S/C16H17N7O2.C5H10O/c1-18-13-7-12(22-15-10(14(17)24)8-20-23(13)15)21-11-3-2-6-19-16(11)25-9-4-5-9;6-5-3-1-2-4-5/h2-3,6-9,18H,4-5H2,1H3,(H2,17,24)(H,21,22);5-6H,1-4H2. The normalized spacial score (nSPS) is 15.9. The summed E-state index contributed by atoms with van der Waals surface area (Å²) in [5.41, 5.74) is 6.72. The summed E-state index contributed by atoms with van der Waals surface area (Å²) in [5.74, 6) is 1.13. The van der Waals surface area contributed by atoms with Gasteiger partial charge in [-0.15, -0.1) is 0 Å². The van der Waals surface area contributed by atoms with Gasteiger partial charge < -0.3 is 26.2 Å². The maximum absolute atomic E-state index is 11.6. The van der Waals surface area contributed by atoms with Crippen molar-refractivity contribution in [3.8, 4) is 5.88 Å². The summed E-state index contributed by atoms with van der Waals surface area (Å²) in [7, 11) is 1.76. The molecular formula is C21H27N7O3. The average molecular weight is 425 g/mol. The number of carbonyl (C=O) groups excluding carboxylic acids is 1. The van der Waals surface area contributed by atoms with Gasteiger partial charge in [-0.25, -0.2) is 9.97 Å². The van der Waals surface area contributed by atoms with Crippen molar-refractivity contribution in [1.82, 2.24) is 19.6 Å². The molecule has 3 heterocycles. The molecule has 1 amide bonds. The number of nitrogens with two attached hydrogens (primary N) is 1. The molecule has 0 aromatic carbocycles. The van der Waals surface area contributed by atoms with E-state index in [0.717, 1.165) is 25.7 Å².